The van der Waals surface area contributed by atoms with Crippen molar-refractivity contribution in [3.05, 3.63) is 120 Å². The third-order valence-electron chi connectivity index (χ3n) is 5.82. The second-order valence-electron chi connectivity index (χ2n) is 8.58. The third-order valence-corrected chi connectivity index (χ3v) is 6.65. The maximum atomic E-state index is 12.8. The summed E-state index contributed by atoms with van der Waals surface area (Å²) in [6, 6.07) is 34.0. The lowest BCUT2D eigenvalue weighted by molar-refractivity contribution is -0.113. The summed E-state index contributed by atoms with van der Waals surface area (Å²) < 4.78 is 6.10. The highest BCUT2D eigenvalue weighted by atomic mass is 32.2. The van der Waals surface area contributed by atoms with E-state index in [-0.39, 0.29) is 17.6 Å². The number of oxazole rings is 1. The first-order valence-corrected chi connectivity index (χ1v) is 13.1. The van der Waals surface area contributed by atoms with Crippen LogP contribution in [0.1, 0.15) is 15.9 Å². The van der Waals surface area contributed by atoms with Crippen molar-refractivity contribution in [1.29, 1.82) is 0 Å². The Bertz CT molecular complexity index is 1490. The van der Waals surface area contributed by atoms with Gasteiger partial charge in [0.2, 0.25) is 5.91 Å². The molecule has 0 aliphatic carbocycles. The molecule has 0 aliphatic heterocycles. The number of rotatable bonds is 8. The first-order valence-electron chi connectivity index (χ1n) is 12.1. The maximum absolute atomic E-state index is 12.8. The Morgan fingerprint density at radius 2 is 1.42 bits per heavy atom. The highest BCUT2D eigenvalue weighted by Crippen LogP contribution is 2.35. The molecule has 38 heavy (non-hydrogen) atoms. The van der Waals surface area contributed by atoms with Crippen LogP contribution in [-0.4, -0.2) is 22.6 Å². The van der Waals surface area contributed by atoms with Gasteiger partial charge in [0.15, 0.2) is 5.76 Å². The molecule has 0 bridgehead atoms. The predicted octanol–water partition coefficient (Wildman–Crippen LogP) is 7.30. The molecule has 4 aromatic carbocycles. The zero-order valence-corrected chi connectivity index (χ0v) is 21.5. The fourth-order valence-corrected chi connectivity index (χ4v) is 4.51. The molecule has 0 spiro atoms. The van der Waals surface area contributed by atoms with Crippen LogP contribution in [0.25, 0.3) is 22.6 Å². The molecule has 0 aliphatic rings. The van der Waals surface area contributed by atoms with Crippen molar-refractivity contribution in [2.24, 2.45) is 0 Å². The molecule has 188 valence electrons. The standard InChI is InChI=1S/C31H25N3O3S/c1-21-17-18-25(19-26(21)33-30(36)24-15-9-4-10-16-24)32-27(35)20-38-31-34-28(22-11-5-2-6-12-22)29(37-31)23-13-7-3-8-14-23/h2-19H,20H2,1H3,(H,32,35)(H,33,36). The molecule has 1 aromatic heterocycles. The summed E-state index contributed by atoms with van der Waals surface area (Å²) >= 11 is 1.23. The molecule has 2 N–H and O–H groups in total. The Morgan fingerprint density at radius 3 is 2.11 bits per heavy atom. The van der Waals surface area contributed by atoms with E-state index in [4.69, 9.17) is 9.40 Å². The van der Waals surface area contributed by atoms with E-state index in [1.807, 2.05) is 97.9 Å². The number of benzene rings is 4. The van der Waals surface area contributed by atoms with Crippen LogP contribution in [0.5, 0.6) is 0 Å². The first kappa shape index (κ1) is 25.0. The number of amides is 2. The van der Waals surface area contributed by atoms with Crippen molar-refractivity contribution >= 4 is 35.0 Å². The highest BCUT2D eigenvalue weighted by molar-refractivity contribution is 7.99. The van der Waals surface area contributed by atoms with Gasteiger partial charge in [0.05, 0.1) is 5.75 Å². The lowest BCUT2D eigenvalue weighted by Crippen LogP contribution is -2.15. The predicted molar refractivity (Wildman–Crippen MR) is 152 cm³/mol. The Kier molecular flexibility index (Phi) is 7.66. The van der Waals surface area contributed by atoms with Crippen molar-refractivity contribution < 1.29 is 14.0 Å². The number of hydrogen-bond acceptors (Lipinski definition) is 5. The van der Waals surface area contributed by atoms with E-state index in [0.717, 1.165) is 22.4 Å². The van der Waals surface area contributed by atoms with E-state index in [1.165, 1.54) is 11.8 Å². The first-order chi connectivity index (χ1) is 18.6. The SMILES string of the molecule is Cc1ccc(NC(=O)CSc2nc(-c3ccccc3)c(-c3ccccc3)o2)cc1NC(=O)c1ccccc1. The summed E-state index contributed by atoms with van der Waals surface area (Å²) in [4.78, 5) is 30.0. The van der Waals surface area contributed by atoms with Crippen LogP contribution in [0.15, 0.2) is 119 Å². The van der Waals surface area contributed by atoms with Crippen LogP contribution >= 0.6 is 11.8 Å². The molecule has 0 fully saturated rings. The van der Waals surface area contributed by atoms with Crippen LogP contribution in [0.3, 0.4) is 0 Å². The Hall–Kier alpha value is -4.62. The zero-order valence-electron chi connectivity index (χ0n) is 20.7. The summed E-state index contributed by atoms with van der Waals surface area (Å²) in [5.74, 6) is 0.361. The van der Waals surface area contributed by atoms with Crippen LogP contribution in [0, 0.1) is 6.92 Å². The van der Waals surface area contributed by atoms with Gasteiger partial charge in [0.25, 0.3) is 11.1 Å². The molecule has 0 saturated heterocycles. The van der Waals surface area contributed by atoms with E-state index in [0.29, 0.717) is 27.9 Å². The van der Waals surface area contributed by atoms with E-state index < -0.39 is 0 Å². The highest BCUT2D eigenvalue weighted by Gasteiger charge is 2.18. The number of aryl methyl sites for hydroxylation is 1. The number of aromatic nitrogens is 1. The normalized spacial score (nSPS) is 10.7. The van der Waals surface area contributed by atoms with Crippen LogP contribution < -0.4 is 10.6 Å². The second kappa shape index (κ2) is 11.6. The summed E-state index contributed by atoms with van der Waals surface area (Å²) in [5, 5.41) is 6.23. The van der Waals surface area contributed by atoms with Crippen molar-refractivity contribution in [3.63, 3.8) is 0 Å². The maximum Gasteiger partial charge on any atom is 0.257 e. The molecular weight excluding hydrogens is 494 g/mol. The molecule has 0 atom stereocenters. The largest absolute Gasteiger partial charge is 0.431 e. The van der Waals surface area contributed by atoms with Gasteiger partial charge in [0.1, 0.15) is 5.69 Å². The number of nitrogens with one attached hydrogen (secondary N) is 2. The molecule has 0 radical (unpaired) electrons. The van der Waals surface area contributed by atoms with Crippen LogP contribution in [0.4, 0.5) is 11.4 Å². The van der Waals surface area contributed by atoms with Crippen molar-refractivity contribution in [1.82, 2.24) is 4.98 Å². The fourth-order valence-electron chi connectivity index (χ4n) is 3.88. The Morgan fingerprint density at radius 1 is 0.789 bits per heavy atom. The summed E-state index contributed by atoms with van der Waals surface area (Å²) in [5.41, 5.74) is 5.27. The van der Waals surface area contributed by atoms with Gasteiger partial charge in [-0.05, 0) is 36.8 Å². The number of anilines is 2. The number of nitrogens with zero attached hydrogens (tertiary/aromatic N) is 1. The van der Waals surface area contributed by atoms with Crippen LogP contribution in [-0.2, 0) is 4.79 Å². The van der Waals surface area contributed by atoms with Crippen molar-refractivity contribution in [2.45, 2.75) is 12.1 Å². The van der Waals surface area contributed by atoms with Gasteiger partial charge in [-0.25, -0.2) is 4.98 Å². The van der Waals surface area contributed by atoms with E-state index in [1.54, 1.807) is 18.2 Å². The Labute approximate surface area is 225 Å². The minimum Gasteiger partial charge on any atom is -0.431 e. The van der Waals surface area contributed by atoms with Crippen LogP contribution in [0.2, 0.25) is 0 Å². The molecule has 5 rings (SSSR count). The number of hydrogen-bond donors (Lipinski definition) is 2. The molecule has 0 saturated carbocycles. The Balaban J connectivity index is 1.27. The van der Waals surface area contributed by atoms with Crippen molar-refractivity contribution in [2.75, 3.05) is 16.4 Å². The quantitative estimate of drug-likeness (QED) is 0.210. The fraction of sp³-hybridized carbons (Fsp3) is 0.0645. The smallest absolute Gasteiger partial charge is 0.257 e. The summed E-state index contributed by atoms with van der Waals surface area (Å²) in [7, 11) is 0. The number of carbonyl (C=O) groups excluding carboxylic acids is 2. The lowest BCUT2D eigenvalue weighted by Gasteiger charge is -2.11. The second-order valence-corrected chi connectivity index (χ2v) is 9.50. The van der Waals surface area contributed by atoms with Gasteiger partial charge in [-0.1, -0.05) is 96.7 Å². The van der Waals surface area contributed by atoms with Gasteiger partial charge in [-0.2, -0.15) is 0 Å². The molecule has 2 amide bonds. The third kappa shape index (κ3) is 6.02. The summed E-state index contributed by atoms with van der Waals surface area (Å²) in [6.45, 7) is 1.90. The summed E-state index contributed by atoms with van der Waals surface area (Å²) in [6.07, 6.45) is 0. The molecule has 5 aromatic rings. The van der Waals surface area contributed by atoms with Gasteiger partial charge >= 0.3 is 0 Å². The number of thioether (sulfide) groups is 1. The van der Waals surface area contributed by atoms with Gasteiger partial charge < -0.3 is 15.1 Å². The lowest BCUT2D eigenvalue weighted by atomic mass is 10.1. The topological polar surface area (TPSA) is 84.2 Å². The minimum atomic E-state index is -0.208. The number of carbonyl (C=O) groups is 2. The molecule has 1 heterocycles. The molecule has 7 heteroatoms. The van der Waals surface area contributed by atoms with E-state index in [9.17, 15) is 9.59 Å². The monoisotopic (exact) mass is 519 g/mol. The average molecular weight is 520 g/mol. The average Bonchev–Trinajstić information content (AvgIpc) is 3.40. The molecular formula is C31H25N3O3S. The molecule has 6 nitrogen and oxygen atoms in total. The minimum absolute atomic E-state index is 0.114. The van der Waals surface area contributed by atoms with Gasteiger partial charge in [-0.3, -0.25) is 9.59 Å². The van der Waals surface area contributed by atoms with Crippen molar-refractivity contribution in [3.8, 4) is 22.6 Å². The zero-order chi connectivity index (χ0) is 26.3. The van der Waals surface area contributed by atoms with Gasteiger partial charge in [0, 0.05) is 28.1 Å². The van der Waals surface area contributed by atoms with E-state index in [2.05, 4.69) is 10.6 Å². The van der Waals surface area contributed by atoms with E-state index >= 15 is 0 Å². The molecule has 0 unspecified atom stereocenters. The van der Waals surface area contributed by atoms with Gasteiger partial charge in [-0.15, -0.1) is 0 Å².